The number of pyridine rings is 1. The van der Waals surface area contributed by atoms with Crippen molar-refractivity contribution < 1.29 is 18.0 Å². The predicted octanol–water partition coefficient (Wildman–Crippen LogP) is 5.35. The summed E-state index contributed by atoms with van der Waals surface area (Å²) in [5.74, 6) is -0.296. The Balaban J connectivity index is 1.99. The van der Waals surface area contributed by atoms with Crippen molar-refractivity contribution in [3.63, 3.8) is 0 Å². The van der Waals surface area contributed by atoms with Gasteiger partial charge in [0.05, 0.1) is 11.3 Å². The van der Waals surface area contributed by atoms with Crippen molar-refractivity contribution in [1.82, 2.24) is 14.7 Å². The van der Waals surface area contributed by atoms with Crippen molar-refractivity contribution in [1.29, 1.82) is 0 Å². The molecule has 4 nitrogen and oxygen atoms in total. The van der Waals surface area contributed by atoms with Crippen molar-refractivity contribution in [2.75, 3.05) is 6.54 Å². The molecule has 0 aliphatic carbocycles. The number of halogens is 3. The third-order valence-electron chi connectivity index (χ3n) is 5.17. The number of alkyl halides is 3. The largest absolute Gasteiger partial charge is 0.416 e. The van der Waals surface area contributed by atoms with Crippen LogP contribution in [0.5, 0.6) is 0 Å². The molecule has 0 radical (unpaired) electrons. The Morgan fingerprint density at radius 2 is 1.97 bits per heavy atom. The summed E-state index contributed by atoms with van der Waals surface area (Å²) in [4.78, 5) is 17.1. The van der Waals surface area contributed by atoms with E-state index in [-0.39, 0.29) is 12.3 Å². The topological polar surface area (TPSA) is 46.4 Å². The molecule has 1 aromatic carbocycles. The SMILES string of the molecule is Cc1cccn2c(C(CC(=O)NCCC(C)C)c3cccc(C(F)(F)F)c3)cnc12. The van der Waals surface area contributed by atoms with Gasteiger partial charge in [0.15, 0.2) is 0 Å². The van der Waals surface area contributed by atoms with Crippen LogP contribution in [-0.2, 0) is 11.0 Å². The second-order valence-electron chi connectivity index (χ2n) is 7.98. The highest BCUT2D eigenvalue weighted by molar-refractivity contribution is 5.77. The molecule has 2 aromatic heterocycles. The van der Waals surface area contributed by atoms with Gasteiger partial charge in [0, 0.05) is 31.3 Å². The molecule has 1 amide bonds. The average Bonchev–Trinajstić information content (AvgIpc) is 3.10. The first-order valence-corrected chi connectivity index (χ1v) is 10.0. The minimum Gasteiger partial charge on any atom is -0.356 e. The molecule has 3 aromatic rings. The van der Waals surface area contributed by atoms with Gasteiger partial charge < -0.3 is 9.72 Å². The molecule has 30 heavy (non-hydrogen) atoms. The average molecular weight is 417 g/mol. The van der Waals surface area contributed by atoms with Crippen LogP contribution in [0.15, 0.2) is 48.8 Å². The molecule has 1 atom stereocenters. The summed E-state index contributed by atoms with van der Waals surface area (Å²) in [6, 6.07) is 8.97. The van der Waals surface area contributed by atoms with Crippen molar-refractivity contribution in [2.24, 2.45) is 5.92 Å². The lowest BCUT2D eigenvalue weighted by Gasteiger charge is -2.19. The maximum absolute atomic E-state index is 13.3. The van der Waals surface area contributed by atoms with Gasteiger partial charge in [-0.15, -0.1) is 0 Å². The summed E-state index contributed by atoms with van der Waals surface area (Å²) in [5, 5.41) is 2.89. The van der Waals surface area contributed by atoms with Gasteiger partial charge in [0.2, 0.25) is 5.91 Å². The smallest absolute Gasteiger partial charge is 0.356 e. The molecule has 0 fully saturated rings. The molecule has 1 N–H and O–H groups in total. The second kappa shape index (κ2) is 8.90. The molecule has 1 unspecified atom stereocenters. The molecule has 2 heterocycles. The molecule has 3 rings (SSSR count). The van der Waals surface area contributed by atoms with E-state index in [1.54, 1.807) is 12.3 Å². The summed E-state index contributed by atoms with van der Waals surface area (Å²) >= 11 is 0. The molecule has 7 heteroatoms. The van der Waals surface area contributed by atoms with E-state index in [4.69, 9.17) is 0 Å². The van der Waals surface area contributed by atoms with E-state index in [0.29, 0.717) is 23.7 Å². The molecule has 0 saturated heterocycles. The van der Waals surface area contributed by atoms with Crippen LogP contribution in [0.25, 0.3) is 5.65 Å². The fourth-order valence-corrected chi connectivity index (χ4v) is 3.51. The summed E-state index contributed by atoms with van der Waals surface area (Å²) in [6.07, 6.45) is -0.0946. The summed E-state index contributed by atoms with van der Waals surface area (Å²) in [6.45, 7) is 6.60. The number of benzene rings is 1. The van der Waals surface area contributed by atoms with E-state index in [9.17, 15) is 18.0 Å². The van der Waals surface area contributed by atoms with Crippen LogP contribution < -0.4 is 5.32 Å². The Hall–Kier alpha value is -2.83. The van der Waals surface area contributed by atoms with Gasteiger partial charge in [-0.05, 0) is 42.5 Å². The molecule has 0 spiro atoms. The van der Waals surface area contributed by atoms with E-state index >= 15 is 0 Å². The minimum absolute atomic E-state index is 0.0428. The zero-order valence-electron chi connectivity index (χ0n) is 17.3. The third kappa shape index (κ3) is 5.01. The number of aromatic nitrogens is 2. The lowest BCUT2D eigenvalue weighted by atomic mass is 9.91. The van der Waals surface area contributed by atoms with E-state index in [1.165, 1.54) is 6.07 Å². The number of rotatable bonds is 7. The molecule has 0 saturated carbocycles. The van der Waals surface area contributed by atoms with Crippen LogP contribution in [-0.4, -0.2) is 21.8 Å². The minimum atomic E-state index is -4.45. The number of carbonyl (C=O) groups is 1. The first kappa shape index (κ1) is 21.9. The van der Waals surface area contributed by atoms with E-state index in [2.05, 4.69) is 24.1 Å². The highest BCUT2D eigenvalue weighted by atomic mass is 19.4. The van der Waals surface area contributed by atoms with Crippen LogP contribution in [0.4, 0.5) is 13.2 Å². The first-order chi connectivity index (χ1) is 14.2. The Morgan fingerprint density at radius 3 is 2.67 bits per heavy atom. The standard InChI is InChI=1S/C23H26F3N3O/c1-15(2)9-10-27-21(30)13-19(17-7-4-8-18(12-17)23(24,25)26)20-14-28-22-16(3)6-5-11-29(20)22/h4-8,11-12,14-15,19H,9-10,13H2,1-3H3,(H,27,30). The maximum atomic E-state index is 13.3. The van der Waals surface area contributed by atoms with Crippen LogP contribution >= 0.6 is 0 Å². The fourth-order valence-electron chi connectivity index (χ4n) is 3.51. The van der Waals surface area contributed by atoms with Gasteiger partial charge in [0.1, 0.15) is 5.65 Å². The van der Waals surface area contributed by atoms with Crippen molar-refractivity contribution in [3.05, 3.63) is 71.2 Å². The van der Waals surface area contributed by atoms with E-state index in [1.807, 2.05) is 29.7 Å². The highest BCUT2D eigenvalue weighted by Gasteiger charge is 2.32. The predicted molar refractivity (Wildman–Crippen MR) is 110 cm³/mol. The highest BCUT2D eigenvalue weighted by Crippen LogP contribution is 2.34. The van der Waals surface area contributed by atoms with Crippen molar-refractivity contribution >= 4 is 11.6 Å². The number of aryl methyl sites for hydroxylation is 1. The zero-order valence-corrected chi connectivity index (χ0v) is 17.3. The summed E-state index contributed by atoms with van der Waals surface area (Å²) < 4.78 is 41.7. The van der Waals surface area contributed by atoms with Crippen LogP contribution in [0, 0.1) is 12.8 Å². The number of amides is 1. The summed E-state index contributed by atoms with van der Waals surface area (Å²) in [5.41, 5.74) is 2.08. The lowest BCUT2D eigenvalue weighted by molar-refractivity contribution is -0.137. The third-order valence-corrected chi connectivity index (χ3v) is 5.17. The molecule has 0 bridgehead atoms. The van der Waals surface area contributed by atoms with Gasteiger partial charge in [-0.3, -0.25) is 4.79 Å². The Labute approximate surface area is 174 Å². The normalized spacial score (nSPS) is 13.0. The molecular formula is C23H26F3N3O. The number of hydrogen-bond acceptors (Lipinski definition) is 2. The Bertz CT molecular complexity index is 1020. The Kier molecular flexibility index (Phi) is 6.48. The molecule has 0 aliphatic heterocycles. The number of hydrogen-bond donors (Lipinski definition) is 1. The molecule has 0 aliphatic rings. The number of fused-ring (bicyclic) bond motifs is 1. The quantitative estimate of drug-likeness (QED) is 0.564. The number of nitrogens with zero attached hydrogens (tertiary/aromatic N) is 2. The van der Waals surface area contributed by atoms with Gasteiger partial charge in [-0.25, -0.2) is 4.98 Å². The van der Waals surface area contributed by atoms with Crippen molar-refractivity contribution in [2.45, 2.75) is 45.7 Å². The lowest BCUT2D eigenvalue weighted by Crippen LogP contribution is -2.27. The van der Waals surface area contributed by atoms with Gasteiger partial charge in [-0.2, -0.15) is 13.2 Å². The van der Waals surface area contributed by atoms with Crippen LogP contribution in [0.3, 0.4) is 0 Å². The van der Waals surface area contributed by atoms with E-state index < -0.39 is 17.7 Å². The maximum Gasteiger partial charge on any atom is 0.416 e. The Morgan fingerprint density at radius 1 is 1.20 bits per heavy atom. The van der Waals surface area contributed by atoms with Gasteiger partial charge >= 0.3 is 6.18 Å². The number of nitrogens with one attached hydrogen (secondary N) is 1. The number of imidazole rings is 1. The van der Waals surface area contributed by atoms with Gasteiger partial charge in [-0.1, -0.05) is 38.1 Å². The number of carbonyl (C=O) groups excluding carboxylic acids is 1. The summed E-state index contributed by atoms with van der Waals surface area (Å²) in [7, 11) is 0. The second-order valence-corrected chi connectivity index (χ2v) is 7.98. The first-order valence-electron chi connectivity index (χ1n) is 10.0. The zero-order chi connectivity index (χ0) is 21.9. The van der Waals surface area contributed by atoms with E-state index in [0.717, 1.165) is 29.8 Å². The monoisotopic (exact) mass is 417 g/mol. The van der Waals surface area contributed by atoms with Gasteiger partial charge in [0.25, 0.3) is 0 Å². The van der Waals surface area contributed by atoms with Crippen molar-refractivity contribution in [3.8, 4) is 0 Å². The molecular weight excluding hydrogens is 391 g/mol. The molecule has 160 valence electrons. The van der Waals surface area contributed by atoms with Crippen LogP contribution in [0.1, 0.15) is 55.0 Å². The van der Waals surface area contributed by atoms with Crippen LogP contribution in [0.2, 0.25) is 0 Å². The fraction of sp³-hybridized carbons (Fsp3) is 0.391.